The number of hydrogen-bond acceptors (Lipinski definition) is 5. The molecule has 0 saturated carbocycles. The minimum absolute atomic E-state index is 0.301. The first-order chi connectivity index (χ1) is 10.7. The Bertz CT molecular complexity index is 714. The molecule has 3 rings (SSSR count). The van der Waals surface area contributed by atoms with E-state index in [1.807, 2.05) is 25.1 Å². The molecule has 0 radical (unpaired) electrons. The van der Waals surface area contributed by atoms with Crippen molar-refractivity contribution in [2.45, 2.75) is 6.92 Å². The second-order valence-corrected chi connectivity index (χ2v) is 4.74. The molecule has 2 aromatic rings. The molecule has 1 aliphatic heterocycles. The van der Waals surface area contributed by atoms with Crippen molar-refractivity contribution >= 4 is 11.6 Å². The molecule has 1 aromatic heterocycles. The van der Waals surface area contributed by atoms with Gasteiger partial charge in [-0.25, -0.2) is 5.43 Å². The van der Waals surface area contributed by atoms with Crippen LogP contribution in [0, 0.1) is 0 Å². The van der Waals surface area contributed by atoms with Crippen molar-refractivity contribution in [3.8, 4) is 11.5 Å². The van der Waals surface area contributed by atoms with Crippen molar-refractivity contribution in [2.75, 3.05) is 13.2 Å². The summed E-state index contributed by atoms with van der Waals surface area (Å²) >= 11 is 0. The van der Waals surface area contributed by atoms with Gasteiger partial charge in [0, 0.05) is 18.0 Å². The fourth-order valence-corrected chi connectivity index (χ4v) is 2.03. The second kappa shape index (κ2) is 6.26. The van der Waals surface area contributed by atoms with Crippen LogP contribution >= 0.6 is 0 Å². The van der Waals surface area contributed by atoms with Crippen molar-refractivity contribution in [2.24, 2.45) is 5.10 Å². The standard InChI is InChI=1S/C16H15N3O3/c1-11(18-19-16(20)13-3-2-6-17-10-13)12-4-5-14-15(9-12)22-8-7-21-14/h2-6,9-10H,7-8H2,1H3,(H,19,20)/b18-11-. The zero-order chi connectivity index (χ0) is 15.4. The van der Waals surface area contributed by atoms with Gasteiger partial charge in [-0.2, -0.15) is 5.10 Å². The molecule has 2 heterocycles. The van der Waals surface area contributed by atoms with Gasteiger partial charge in [-0.1, -0.05) is 0 Å². The number of carbonyl (C=O) groups is 1. The van der Waals surface area contributed by atoms with Crippen LogP contribution in [0.1, 0.15) is 22.8 Å². The van der Waals surface area contributed by atoms with E-state index in [0.29, 0.717) is 30.2 Å². The Morgan fingerprint density at radius 1 is 1.18 bits per heavy atom. The summed E-state index contributed by atoms with van der Waals surface area (Å²) in [5, 5.41) is 4.11. The summed E-state index contributed by atoms with van der Waals surface area (Å²) in [5.41, 5.74) is 4.51. The molecule has 1 N–H and O–H groups in total. The van der Waals surface area contributed by atoms with Crippen LogP contribution in [0.25, 0.3) is 0 Å². The highest BCUT2D eigenvalue weighted by Gasteiger charge is 2.12. The fourth-order valence-electron chi connectivity index (χ4n) is 2.03. The summed E-state index contributed by atoms with van der Waals surface area (Å²) in [7, 11) is 0. The van der Waals surface area contributed by atoms with Crippen molar-refractivity contribution in [3.05, 3.63) is 53.9 Å². The Balaban J connectivity index is 1.73. The number of hydrogen-bond donors (Lipinski definition) is 1. The molecule has 0 unspecified atom stereocenters. The summed E-state index contributed by atoms with van der Waals surface area (Å²) in [6.45, 7) is 2.90. The average Bonchev–Trinajstić information content (AvgIpc) is 2.59. The molecule has 0 saturated heterocycles. The Morgan fingerprint density at radius 3 is 2.77 bits per heavy atom. The average molecular weight is 297 g/mol. The number of nitrogens with zero attached hydrogens (tertiary/aromatic N) is 2. The number of benzene rings is 1. The highest BCUT2D eigenvalue weighted by molar-refractivity contribution is 6.01. The maximum Gasteiger partial charge on any atom is 0.272 e. The molecule has 6 nitrogen and oxygen atoms in total. The predicted octanol–water partition coefficient (Wildman–Crippen LogP) is 2.01. The van der Waals surface area contributed by atoms with Crippen LogP contribution in [0.5, 0.6) is 11.5 Å². The third kappa shape index (κ3) is 3.06. The van der Waals surface area contributed by atoms with Gasteiger partial charge in [0.2, 0.25) is 0 Å². The van der Waals surface area contributed by atoms with Crippen LogP contribution in [0.3, 0.4) is 0 Å². The largest absolute Gasteiger partial charge is 0.486 e. The van der Waals surface area contributed by atoms with Gasteiger partial charge in [-0.3, -0.25) is 9.78 Å². The maximum atomic E-state index is 11.9. The molecule has 0 atom stereocenters. The lowest BCUT2D eigenvalue weighted by Gasteiger charge is -2.18. The summed E-state index contributed by atoms with van der Waals surface area (Å²) in [5.74, 6) is 1.11. The lowest BCUT2D eigenvalue weighted by atomic mass is 10.1. The summed E-state index contributed by atoms with van der Waals surface area (Å²) in [6, 6.07) is 8.95. The molecule has 0 spiro atoms. The Kier molecular flexibility index (Phi) is 4.00. The number of nitrogens with one attached hydrogen (secondary N) is 1. The van der Waals surface area contributed by atoms with E-state index >= 15 is 0 Å². The smallest absolute Gasteiger partial charge is 0.272 e. The Hall–Kier alpha value is -2.89. The summed E-state index contributed by atoms with van der Waals surface area (Å²) in [4.78, 5) is 15.8. The van der Waals surface area contributed by atoms with Gasteiger partial charge in [-0.15, -0.1) is 0 Å². The molecular formula is C16H15N3O3. The Labute approximate surface area is 127 Å². The third-order valence-corrected chi connectivity index (χ3v) is 3.21. The van der Waals surface area contributed by atoms with Crippen LogP contribution in [-0.2, 0) is 0 Å². The van der Waals surface area contributed by atoms with Gasteiger partial charge in [0.1, 0.15) is 13.2 Å². The number of carbonyl (C=O) groups excluding carboxylic acids is 1. The summed E-state index contributed by atoms with van der Waals surface area (Å²) < 4.78 is 11.0. The molecule has 1 amide bonds. The number of amides is 1. The highest BCUT2D eigenvalue weighted by atomic mass is 16.6. The molecule has 112 valence electrons. The topological polar surface area (TPSA) is 72.8 Å². The zero-order valence-electron chi connectivity index (χ0n) is 12.1. The number of pyridine rings is 1. The molecule has 0 aliphatic carbocycles. The van der Waals surface area contributed by atoms with E-state index in [4.69, 9.17) is 9.47 Å². The lowest BCUT2D eigenvalue weighted by Crippen LogP contribution is -2.19. The first-order valence-electron chi connectivity index (χ1n) is 6.89. The van der Waals surface area contributed by atoms with Crippen molar-refractivity contribution in [1.29, 1.82) is 0 Å². The maximum absolute atomic E-state index is 11.9. The molecule has 0 fully saturated rings. The van der Waals surface area contributed by atoms with E-state index in [9.17, 15) is 4.79 Å². The first-order valence-corrected chi connectivity index (χ1v) is 6.89. The van der Waals surface area contributed by atoms with Gasteiger partial charge in [0.25, 0.3) is 5.91 Å². The van der Waals surface area contributed by atoms with E-state index < -0.39 is 0 Å². The van der Waals surface area contributed by atoms with Gasteiger partial charge in [0.05, 0.1) is 11.3 Å². The lowest BCUT2D eigenvalue weighted by molar-refractivity contribution is 0.0954. The fraction of sp³-hybridized carbons (Fsp3) is 0.188. The number of fused-ring (bicyclic) bond motifs is 1. The molecule has 1 aromatic carbocycles. The van der Waals surface area contributed by atoms with Crippen molar-refractivity contribution < 1.29 is 14.3 Å². The minimum atomic E-state index is -0.301. The Morgan fingerprint density at radius 2 is 2.00 bits per heavy atom. The second-order valence-electron chi connectivity index (χ2n) is 4.74. The number of aromatic nitrogens is 1. The van der Waals surface area contributed by atoms with Crippen molar-refractivity contribution in [1.82, 2.24) is 10.4 Å². The van der Waals surface area contributed by atoms with Crippen LogP contribution in [0.15, 0.2) is 47.8 Å². The van der Waals surface area contributed by atoms with Crippen LogP contribution in [0.4, 0.5) is 0 Å². The van der Waals surface area contributed by atoms with E-state index in [2.05, 4.69) is 15.5 Å². The summed E-state index contributed by atoms with van der Waals surface area (Å²) in [6.07, 6.45) is 3.10. The molecule has 22 heavy (non-hydrogen) atoms. The zero-order valence-corrected chi connectivity index (χ0v) is 12.1. The molecule has 1 aliphatic rings. The van der Waals surface area contributed by atoms with Gasteiger partial charge >= 0.3 is 0 Å². The van der Waals surface area contributed by atoms with Gasteiger partial charge in [0.15, 0.2) is 11.5 Å². The SMILES string of the molecule is C/C(=N/NC(=O)c1cccnc1)c1ccc2c(c1)OCCO2. The van der Waals surface area contributed by atoms with E-state index in [1.165, 1.54) is 6.20 Å². The van der Waals surface area contributed by atoms with Crippen LogP contribution in [-0.4, -0.2) is 29.8 Å². The molecule has 0 bridgehead atoms. The van der Waals surface area contributed by atoms with Crippen molar-refractivity contribution in [3.63, 3.8) is 0 Å². The van der Waals surface area contributed by atoms with Crippen LogP contribution in [0.2, 0.25) is 0 Å². The van der Waals surface area contributed by atoms with Crippen LogP contribution < -0.4 is 14.9 Å². The van der Waals surface area contributed by atoms with Gasteiger partial charge in [-0.05, 0) is 37.3 Å². The molecular weight excluding hydrogens is 282 g/mol. The number of rotatable bonds is 3. The van der Waals surface area contributed by atoms with E-state index in [1.54, 1.807) is 18.3 Å². The normalized spacial score (nSPS) is 13.6. The number of hydrazone groups is 1. The van der Waals surface area contributed by atoms with E-state index in [0.717, 1.165) is 11.3 Å². The highest BCUT2D eigenvalue weighted by Crippen LogP contribution is 2.30. The number of ether oxygens (including phenoxy) is 2. The molecule has 6 heteroatoms. The third-order valence-electron chi connectivity index (χ3n) is 3.21. The quantitative estimate of drug-likeness (QED) is 0.695. The minimum Gasteiger partial charge on any atom is -0.486 e. The first kappa shape index (κ1) is 14.1. The van der Waals surface area contributed by atoms with E-state index in [-0.39, 0.29) is 5.91 Å². The van der Waals surface area contributed by atoms with Gasteiger partial charge < -0.3 is 9.47 Å². The monoisotopic (exact) mass is 297 g/mol. The predicted molar refractivity (Wildman–Crippen MR) is 81.3 cm³/mol.